The maximum Gasteiger partial charge on any atom is 0.0972 e. The van der Waals surface area contributed by atoms with Crippen molar-refractivity contribution in [2.24, 2.45) is 0 Å². The summed E-state index contributed by atoms with van der Waals surface area (Å²) in [6, 6.07) is 37.8. The zero-order valence-corrected chi connectivity index (χ0v) is 20.3. The summed E-state index contributed by atoms with van der Waals surface area (Å²) in [7, 11) is 0. The number of nitrogens with zero attached hydrogens (tertiary/aromatic N) is 4. The number of pyridine rings is 4. The molecule has 0 fully saturated rings. The molecule has 0 spiro atoms. The molecule has 0 unspecified atom stereocenters. The highest BCUT2D eigenvalue weighted by molar-refractivity contribution is 6.08. The van der Waals surface area contributed by atoms with Crippen LogP contribution >= 0.6 is 0 Å². The number of rotatable bonds is 2. The molecule has 4 nitrogen and oxygen atoms in total. The highest BCUT2D eigenvalue weighted by Gasteiger charge is 2.14. The van der Waals surface area contributed by atoms with Gasteiger partial charge in [0.25, 0.3) is 0 Å². The molecular formula is C34H20N4. The maximum absolute atomic E-state index is 5.11. The van der Waals surface area contributed by atoms with E-state index in [-0.39, 0.29) is 0 Å². The second-order valence-electron chi connectivity index (χ2n) is 9.52. The third kappa shape index (κ3) is 3.17. The topological polar surface area (TPSA) is 51.6 Å². The van der Waals surface area contributed by atoms with Gasteiger partial charge in [0.1, 0.15) is 0 Å². The van der Waals surface area contributed by atoms with Gasteiger partial charge in [-0.25, -0.2) is 9.97 Å². The van der Waals surface area contributed by atoms with Crippen LogP contribution in [0.5, 0.6) is 0 Å². The van der Waals surface area contributed by atoms with E-state index in [1.165, 1.54) is 0 Å². The molecule has 0 saturated carbocycles. The summed E-state index contributed by atoms with van der Waals surface area (Å²) < 4.78 is 0. The van der Waals surface area contributed by atoms with Crippen molar-refractivity contribution in [1.29, 1.82) is 0 Å². The molecule has 176 valence electrons. The smallest absolute Gasteiger partial charge is 0.0972 e. The molecule has 4 heteroatoms. The molecule has 0 radical (unpaired) electrons. The average molecular weight is 485 g/mol. The van der Waals surface area contributed by atoms with Crippen LogP contribution in [-0.4, -0.2) is 19.9 Å². The molecular weight excluding hydrogens is 464 g/mol. The third-order valence-electron chi connectivity index (χ3n) is 7.34. The predicted molar refractivity (Wildman–Crippen MR) is 156 cm³/mol. The maximum atomic E-state index is 5.11. The summed E-state index contributed by atoms with van der Waals surface area (Å²) in [6.07, 6.45) is 3.66. The summed E-state index contributed by atoms with van der Waals surface area (Å²) in [5, 5.41) is 6.64. The molecule has 4 aromatic carbocycles. The van der Waals surface area contributed by atoms with Gasteiger partial charge >= 0.3 is 0 Å². The minimum absolute atomic E-state index is 0.921. The van der Waals surface area contributed by atoms with E-state index >= 15 is 0 Å². The lowest BCUT2D eigenvalue weighted by Crippen LogP contribution is -1.92. The first-order valence-electron chi connectivity index (χ1n) is 12.6. The lowest BCUT2D eigenvalue weighted by Gasteiger charge is -2.13. The highest BCUT2D eigenvalue weighted by Crippen LogP contribution is 2.36. The van der Waals surface area contributed by atoms with Gasteiger partial charge in [0.2, 0.25) is 0 Å². The SMILES string of the molecule is c1cnc2c(c1)ccc1ccc(-c3ccc(-c4ccc5ccc6cccnc6c5n4)c4ccccc34)nc12. The molecule has 0 aliphatic heterocycles. The lowest BCUT2D eigenvalue weighted by molar-refractivity contribution is 1.37. The van der Waals surface area contributed by atoms with E-state index in [4.69, 9.17) is 9.97 Å². The Kier molecular flexibility index (Phi) is 4.49. The third-order valence-corrected chi connectivity index (χ3v) is 7.34. The van der Waals surface area contributed by atoms with Crippen molar-refractivity contribution < 1.29 is 0 Å². The Morgan fingerprint density at radius 1 is 0.342 bits per heavy atom. The Bertz CT molecular complexity index is 2040. The minimum Gasteiger partial charge on any atom is -0.254 e. The summed E-state index contributed by atoms with van der Waals surface area (Å²) in [6.45, 7) is 0. The van der Waals surface area contributed by atoms with E-state index < -0.39 is 0 Å². The Morgan fingerprint density at radius 3 is 1.24 bits per heavy atom. The molecule has 0 atom stereocenters. The van der Waals surface area contributed by atoms with Crippen LogP contribution in [-0.2, 0) is 0 Å². The molecule has 0 saturated heterocycles. The fraction of sp³-hybridized carbons (Fsp3) is 0. The van der Waals surface area contributed by atoms with Crippen LogP contribution in [0, 0.1) is 0 Å². The molecule has 8 rings (SSSR count). The first-order chi connectivity index (χ1) is 18.8. The van der Waals surface area contributed by atoms with E-state index in [1.807, 2.05) is 24.5 Å². The zero-order valence-electron chi connectivity index (χ0n) is 20.3. The Balaban J connectivity index is 1.35. The molecule has 38 heavy (non-hydrogen) atoms. The van der Waals surface area contributed by atoms with Gasteiger partial charge in [-0.2, -0.15) is 0 Å². The largest absolute Gasteiger partial charge is 0.254 e. The lowest BCUT2D eigenvalue weighted by atomic mass is 9.95. The fourth-order valence-corrected chi connectivity index (χ4v) is 5.49. The summed E-state index contributed by atoms with van der Waals surface area (Å²) in [5.74, 6) is 0. The van der Waals surface area contributed by atoms with Gasteiger partial charge in [0.15, 0.2) is 0 Å². The van der Waals surface area contributed by atoms with Crippen molar-refractivity contribution in [3.8, 4) is 22.5 Å². The van der Waals surface area contributed by atoms with Crippen LogP contribution in [0.1, 0.15) is 0 Å². The first kappa shape index (κ1) is 20.9. The van der Waals surface area contributed by atoms with Crippen LogP contribution in [0.25, 0.3) is 76.9 Å². The van der Waals surface area contributed by atoms with E-state index in [0.29, 0.717) is 0 Å². The van der Waals surface area contributed by atoms with E-state index in [2.05, 4.69) is 107 Å². The van der Waals surface area contributed by atoms with Crippen molar-refractivity contribution in [2.75, 3.05) is 0 Å². The van der Waals surface area contributed by atoms with Crippen LogP contribution in [0.3, 0.4) is 0 Å². The van der Waals surface area contributed by atoms with Gasteiger partial charge in [-0.3, -0.25) is 9.97 Å². The molecule has 0 aliphatic rings. The van der Waals surface area contributed by atoms with Crippen molar-refractivity contribution in [3.05, 3.63) is 122 Å². The number of hydrogen-bond acceptors (Lipinski definition) is 4. The molecule has 0 bridgehead atoms. The van der Waals surface area contributed by atoms with E-state index in [0.717, 1.165) is 76.9 Å². The monoisotopic (exact) mass is 484 g/mol. The number of aromatic nitrogens is 4. The van der Waals surface area contributed by atoms with Gasteiger partial charge in [-0.1, -0.05) is 84.9 Å². The molecule has 8 aromatic rings. The van der Waals surface area contributed by atoms with Gasteiger partial charge in [0.05, 0.1) is 33.5 Å². The summed E-state index contributed by atoms with van der Waals surface area (Å²) in [4.78, 5) is 19.5. The van der Waals surface area contributed by atoms with Gasteiger partial charge in [-0.05, 0) is 35.0 Å². The van der Waals surface area contributed by atoms with Crippen molar-refractivity contribution in [3.63, 3.8) is 0 Å². The molecule has 0 N–H and O–H groups in total. The molecule has 4 heterocycles. The second kappa shape index (κ2) is 8.15. The van der Waals surface area contributed by atoms with Crippen LogP contribution in [0.2, 0.25) is 0 Å². The van der Waals surface area contributed by atoms with E-state index in [1.54, 1.807) is 0 Å². The molecule has 0 aliphatic carbocycles. The Morgan fingerprint density at radius 2 is 0.763 bits per heavy atom. The number of hydrogen-bond donors (Lipinski definition) is 0. The molecule has 4 aromatic heterocycles. The summed E-state index contributed by atoms with van der Waals surface area (Å²) in [5.41, 5.74) is 7.73. The van der Waals surface area contributed by atoms with Crippen molar-refractivity contribution in [1.82, 2.24) is 19.9 Å². The zero-order chi connectivity index (χ0) is 25.1. The second-order valence-corrected chi connectivity index (χ2v) is 9.52. The van der Waals surface area contributed by atoms with E-state index in [9.17, 15) is 0 Å². The molecule has 0 amide bonds. The van der Waals surface area contributed by atoms with Gasteiger partial charge in [0, 0.05) is 45.1 Å². The Labute approximate surface area is 218 Å². The number of fused-ring (bicyclic) bond motifs is 7. The average Bonchev–Trinajstić information content (AvgIpc) is 3.00. The van der Waals surface area contributed by atoms with Gasteiger partial charge < -0.3 is 0 Å². The van der Waals surface area contributed by atoms with Gasteiger partial charge in [-0.15, -0.1) is 0 Å². The normalized spacial score (nSPS) is 11.7. The minimum atomic E-state index is 0.921. The van der Waals surface area contributed by atoms with Crippen LogP contribution in [0.15, 0.2) is 122 Å². The van der Waals surface area contributed by atoms with Crippen molar-refractivity contribution in [2.45, 2.75) is 0 Å². The Hall–Kier alpha value is -5.22. The van der Waals surface area contributed by atoms with Crippen LogP contribution in [0.4, 0.5) is 0 Å². The summed E-state index contributed by atoms with van der Waals surface area (Å²) >= 11 is 0. The quantitative estimate of drug-likeness (QED) is 0.231. The highest BCUT2D eigenvalue weighted by atomic mass is 14.8. The first-order valence-corrected chi connectivity index (χ1v) is 12.6. The predicted octanol–water partition coefficient (Wildman–Crippen LogP) is 8.37. The fourth-order valence-electron chi connectivity index (χ4n) is 5.49. The standard InChI is InChI=1S/C34H20N4/c1-2-8-26-25(7-1)27(29-17-13-23-11-9-21-5-3-19-35-31(21)33(23)37-29)15-16-28(26)30-18-14-24-12-10-22-6-4-20-36-32(22)34(24)38-30/h1-20H. The van der Waals surface area contributed by atoms with Crippen molar-refractivity contribution >= 4 is 54.4 Å². The van der Waals surface area contributed by atoms with Crippen LogP contribution < -0.4 is 0 Å². The number of benzene rings is 4.